The molecule has 17 heavy (non-hydrogen) atoms. The van der Waals surface area contributed by atoms with E-state index in [2.05, 4.69) is 15.6 Å². The van der Waals surface area contributed by atoms with Crippen molar-refractivity contribution in [3.05, 3.63) is 18.7 Å². The molecule has 0 aliphatic heterocycles. The normalized spacial score (nSPS) is 12.4. The van der Waals surface area contributed by atoms with Crippen LogP contribution in [0.15, 0.2) is 18.7 Å². The maximum absolute atomic E-state index is 11.5. The van der Waals surface area contributed by atoms with Crippen LogP contribution < -0.4 is 10.6 Å². The van der Waals surface area contributed by atoms with Gasteiger partial charge >= 0.3 is 0 Å². The van der Waals surface area contributed by atoms with E-state index in [-0.39, 0.29) is 11.9 Å². The Labute approximate surface area is 101 Å². The Morgan fingerprint density at radius 3 is 3.06 bits per heavy atom. The van der Waals surface area contributed by atoms with Gasteiger partial charge < -0.3 is 19.9 Å². The number of carbonyl (C=O) groups is 1. The first-order valence-corrected chi connectivity index (χ1v) is 5.67. The van der Waals surface area contributed by atoms with Crippen LogP contribution in [0.2, 0.25) is 0 Å². The van der Waals surface area contributed by atoms with Gasteiger partial charge in [0.05, 0.1) is 19.5 Å². The standard InChI is InChI=1S/C11H20N4O2/c1-10(8-15-5-3-13-9-15)14-11(16)7-12-4-6-17-2/h3,5,9-10,12H,4,6-8H2,1-2H3,(H,14,16). The zero-order valence-electron chi connectivity index (χ0n) is 10.3. The second-order valence-corrected chi connectivity index (χ2v) is 3.90. The second-order valence-electron chi connectivity index (χ2n) is 3.90. The van der Waals surface area contributed by atoms with Crippen molar-refractivity contribution in [1.82, 2.24) is 20.2 Å². The van der Waals surface area contributed by atoms with Gasteiger partial charge in [-0.1, -0.05) is 0 Å². The molecule has 0 aromatic carbocycles. The number of imidazole rings is 1. The summed E-state index contributed by atoms with van der Waals surface area (Å²) in [6, 6.07) is 0.0842. The lowest BCUT2D eigenvalue weighted by Crippen LogP contribution is -2.41. The molecule has 0 saturated heterocycles. The highest BCUT2D eigenvalue weighted by Crippen LogP contribution is 1.91. The minimum atomic E-state index is -0.00582. The minimum Gasteiger partial charge on any atom is -0.383 e. The Bertz CT molecular complexity index is 313. The van der Waals surface area contributed by atoms with Gasteiger partial charge in [-0.3, -0.25) is 4.79 Å². The molecule has 6 heteroatoms. The summed E-state index contributed by atoms with van der Waals surface area (Å²) in [6.45, 7) is 4.30. The molecule has 1 atom stereocenters. The number of carbonyl (C=O) groups excluding carboxylic acids is 1. The van der Waals surface area contributed by atoms with Crippen LogP contribution in [0.5, 0.6) is 0 Å². The molecule has 0 aliphatic carbocycles. The number of amides is 1. The van der Waals surface area contributed by atoms with E-state index in [0.717, 1.165) is 6.54 Å². The first-order valence-electron chi connectivity index (χ1n) is 5.67. The van der Waals surface area contributed by atoms with Gasteiger partial charge in [-0.25, -0.2) is 4.98 Å². The van der Waals surface area contributed by atoms with Gasteiger partial charge in [0.25, 0.3) is 0 Å². The summed E-state index contributed by atoms with van der Waals surface area (Å²) < 4.78 is 6.80. The number of ether oxygens (including phenoxy) is 1. The number of nitrogens with zero attached hydrogens (tertiary/aromatic N) is 2. The van der Waals surface area contributed by atoms with E-state index in [0.29, 0.717) is 19.7 Å². The highest BCUT2D eigenvalue weighted by molar-refractivity contribution is 5.78. The summed E-state index contributed by atoms with van der Waals surface area (Å²) in [5.74, 6) is -0.00582. The van der Waals surface area contributed by atoms with Crippen molar-refractivity contribution < 1.29 is 9.53 Å². The molecule has 1 aromatic heterocycles. The van der Waals surface area contributed by atoms with E-state index < -0.39 is 0 Å². The topological polar surface area (TPSA) is 68.2 Å². The summed E-state index contributed by atoms with van der Waals surface area (Å²) in [7, 11) is 1.63. The van der Waals surface area contributed by atoms with Gasteiger partial charge in [0.1, 0.15) is 0 Å². The van der Waals surface area contributed by atoms with Gasteiger partial charge in [0, 0.05) is 38.6 Å². The Morgan fingerprint density at radius 1 is 1.59 bits per heavy atom. The third-order valence-electron chi connectivity index (χ3n) is 2.22. The monoisotopic (exact) mass is 240 g/mol. The molecule has 6 nitrogen and oxygen atoms in total. The first kappa shape index (κ1) is 13.7. The SMILES string of the molecule is COCCNCC(=O)NC(C)Cn1ccnc1. The summed E-state index contributed by atoms with van der Waals surface area (Å²) in [4.78, 5) is 15.5. The van der Waals surface area contributed by atoms with Gasteiger partial charge in [0.15, 0.2) is 0 Å². The van der Waals surface area contributed by atoms with E-state index in [1.54, 1.807) is 19.6 Å². The van der Waals surface area contributed by atoms with Crippen LogP contribution in [0, 0.1) is 0 Å². The lowest BCUT2D eigenvalue weighted by atomic mass is 10.3. The average Bonchev–Trinajstić information content (AvgIpc) is 2.77. The van der Waals surface area contributed by atoms with Crippen LogP contribution in [-0.4, -0.2) is 48.3 Å². The molecule has 0 spiro atoms. The number of nitrogens with one attached hydrogen (secondary N) is 2. The van der Waals surface area contributed by atoms with Crippen molar-refractivity contribution in [1.29, 1.82) is 0 Å². The minimum absolute atomic E-state index is 0.00582. The number of methoxy groups -OCH3 is 1. The van der Waals surface area contributed by atoms with Crippen LogP contribution >= 0.6 is 0 Å². The maximum Gasteiger partial charge on any atom is 0.234 e. The quantitative estimate of drug-likeness (QED) is 0.608. The molecular weight excluding hydrogens is 220 g/mol. The van der Waals surface area contributed by atoms with E-state index in [1.165, 1.54) is 0 Å². The fourth-order valence-electron chi connectivity index (χ4n) is 1.46. The average molecular weight is 240 g/mol. The molecule has 0 saturated carbocycles. The zero-order valence-corrected chi connectivity index (χ0v) is 10.3. The Morgan fingerprint density at radius 2 is 2.41 bits per heavy atom. The molecular formula is C11H20N4O2. The fraction of sp³-hybridized carbons (Fsp3) is 0.636. The number of rotatable bonds is 8. The molecule has 1 heterocycles. The summed E-state index contributed by atoms with van der Waals surface area (Å²) >= 11 is 0. The molecule has 1 amide bonds. The molecule has 96 valence electrons. The Hall–Kier alpha value is -1.40. The predicted molar refractivity (Wildman–Crippen MR) is 64.6 cm³/mol. The number of hydrogen-bond acceptors (Lipinski definition) is 4. The van der Waals surface area contributed by atoms with Crippen molar-refractivity contribution in [3.8, 4) is 0 Å². The third kappa shape index (κ3) is 6.03. The fourth-order valence-corrected chi connectivity index (χ4v) is 1.46. The highest BCUT2D eigenvalue weighted by atomic mass is 16.5. The smallest absolute Gasteiger partial charge is 0.234 e. The Balaban J connectivity index is 2.13. The number of aromatic nitrogens is 2. The molecule has 0 bridgehead atoms. The first-order chi connectivity index (χ1) is 8.22. The second kappa shape index (κ2) is 7.81. The van der Waals surface area contributed by atoms with Crippen molar-refractivity contribution >= 4 is 5.91 Å². The van der Waals surface area contributed by atoms with Gasteiger partial charge in [0.2, 0.25) is 5.91 Å². The zero-order chi connectivity index (χ0) is 12.5. The lowest BCUT2D eigenvalue weighted by molar-refractivity contribution is -0.120. The van der Waals surface area contributed by atoms with Crippen molar-refractivity contribution in [3.63, 3.8) is 0 Å². The summed E-state index contributed by atoms with van der Waals surface area (Å²) in [6.07, 6.45) is 5.33. The van der Waals surface area contributed by atoms with Gasteiger partial charge in [-0.05, 0) is 6.92 Å². The lowest BCUT2D eigenvalue weighted by Gasteiger charge is -2.14. The van der Waals surface area contributed by atoms with Crippen LogP contribution in [0.3, 0.4) is 0 Å². The molecule has 0 aliphatic rings. The van der Waals surface area contributed by atoms with Crippen molar-refractivity contribution in [2.45, 2.75) is 19.5 Å². The molecule has 1 aromatic rings. The molecule has 1 unspecified atom stereocenters. The van der Waals surface area contributed by atoms with Gasteiger partial charge in [-0.2, -0.15) is 0 Å². The largest absolute Gasteiger partial charge is 0.383 e. The molecule has 0 fully saturated rings. The van der Waals surface area contributed by atoms with E-state index in [9.17, 15) is 4.79 Å². The van der Waals surface area contributed by atoms with Crippen LogP contribution in [0.4, 0.5) is 0 Å². The summed E-state index contributed by atoms with van der Waals surface area (Å²) in [5.41, 5.74) is 0. The van der Waals surface area contributed by atoms with Crippen LogP contribution in [-0.2, 0) is 16.1 Å². The van der Waals surface area contributed by atoms with E-state index in [4.69, 9.17) is 4.74 Å². The van der Waals surface area contributed by atoms with Gasteiger partial charge in [-0.15, -0.1) is 0 Å². The maximum atomic E-state index is 11.5. The molecule has 2 N–H and O–H groups in total. The van der Waals surface area contributed by atoms with Crippen LogP contribution in [0.25, 0.3) is 0 Å². The van der Waals surface area contributed by atoms with E-state index in [1.807, 2.05) is 17.7 Å². The predicted octanol–water partition coefficient (Wildman–Crippen LogP) is -0.376. The van der Waals surface area contributed by atoms with Crippen molar-refractivity contribution in [2.75, 3.05) is 26.8 Å². The number of hydrogen-bond donors (Lipinski definition) is 2. The third-order valence-corrected chi connectivity index (χ3v) is 2.22. The molecule has 0 radical (unpaired) electrons. The molecule has 1 rings (SSSR count). The highest BCUT2D eigenvalue weighted by Gasteiger charge is 2.06. The van der Waals surface area contributed by atoms with Crippen LogP contribution in [0.1, 0.15) is 6.92 Å². The summed E-state index contributed by atoms with van der Waals surface area (Å²) in [5, 5.41) is 5.90. The Kier molecular flexibility index (Phi) is 6.27. The van der Waals surface area contributed by atoms with Crippen molar-refractivity contribution in [2.24, 2.45) is 0 Å². The van der Waals surface area contributed by atoms with E-state index >= 15 is 0 Å².